The molecule has 2 heteroatoms. The highest BCUT2D eigenvalue weighted by molar-refractivity contribution is 5.17. The van der Waals surface area contributed by atoms with Crippen molar-refractivity contribution in [2.24, 2.45) is 5.92 Å². The van der Waals surface area contributed by atoms with E-state index in [0.29, 0.717) is 17.9 Å². The summed E-state index contributed by atoms with van der Waals surface area (Å²) in [5.74, 6) is 1.25. The second-order valence-corrected chi connectivity index (χ2v) is 4.92. The Morgan fingerprint density at radius 3 is 2.35 bits per heavy atom. The quantitative estimate of drug-likeness (QED) is 0.779. The van der Waals surface area contributed by atoms with E-state index >= 15 is 0 Å². The summed E-state index contributed by atoms with van der Waals surface area (Å²) in [7, 11) is 0. The Morgan fingerprint density at radius 2 is 1.82 bits per heavy atom. The molecule has 96 valence electrons. The average molecular weight is 234 g/mol. The standard InChI is InChI=1S/C15H26N2/c1-5-7-12(3)15(17-6-2)13(4)14-8-10-16-11-9-14/h8-13,15,17H,5-7H2,1-4H3. The second-order valence-electron chi connectivity index (χ2n) is 4.92. The molecule has 0 aromatic carbocycles. The van der Waals surface area contributed by atoms with Crippen LogP contribution in [0.15, 0.2) is 24.5 Å². The molecule has 17 heavy (non-hydrogen) atoms. The number of pyridine rings is 1. The highest BCUT2D eigenvalue weighted by Crippen LogP contribution is 2.25. The number of hydrogen-bond acceptors (Lipinski definition) is 2. The first kappa shape index (κ1) is 14.2. The normalized spacial score (nSPS) is 16.5. The first-order chi connectivity index (χ1) is 8.20. The summed E-state index contributed by atoms with van der Waals surface area (Å²) >= 11 is 0. The van der Waals surface area contributed by atoms with Crippen molar-refractivity contribution in [3.8, 4) is 0 Å². The molecule has 1 heterocycles. The summed E-state index contributed by atoms with van der Waals surface area (Å²) in [4.78, 5) is 4.09. The molecule has 0 saturated carbocycles. The minimum Gasteiger partial charge on any atom is -0.313 e. The van der Waals surface area contributed by atoms with Crippen LogP contribution in [0.1, 0.15) is 52.0 Å². The van der Waals surface area contributed by atoms with Gasteiger partial charge in [0.25, 0.3) is 0 Å². The molecule has 0 aliphatic rings. The van der Waals surface area contributed by atoms with Crippen LogP contribution < -0.4 is 5.32 Å². The molecule has 1 N–H and O–H groups in total. The number of aromatic nitrogens is 1. The van der Waals surface area contributed by atoms with Crippen molar-refractivity contribution in [1.82, 2.24) is 10.3 Å². The smallest absolute Gasteiger partial charge is 0.0270 e. The second kappa shape index (κ2) is 7.44. The van der Waals surface area contributed by atoms with Crippen molar-refractivity contribution in [1.29, 1.82) is 0 Å². The maximum absolute atomic E-state index is 4.09. The fourth-order valence-electron chi connectivity index (χ4n) is 2.62. The van der Waals surface area contributed by atoms with E-state index in [1.165, 1.54) is 18.4 Å². The van der Waals surface area contributed by atoms with Gasteiger partial charge in [0.15, 0.2) is 0 Å². The van der Waals surface area contributed by atoms with E-state index < -0.39 is 0 Å². The van der Waals surface area contributed by atoms with Crippen LogP contribution in [0.5, 0.6) is 0 Å². The lowest BCUT2D eigenvalue weighted by Gasteiger charge is -2.30. The monoisotopic (exact) mass is 234 g/mol. The molecule has 2 nitrogen and oxygen atoms in total. The first-order valence-electron chi connectivity index (χ1n) is 6.84. The zero-order valence-electron chi connectivity index (χ0n) is 11.6. The Hall–Kier alpha value is -0.890. The molecule has 0 radical (unpaired) electrons. The third-order valence-corrected chi connectivity index (χ3v) is 3.57. The van der Waals surface area contributed by atoms with E-state index in [9.17, 15) is 0 Å². The van der Waals surface area contributed by atoms with Crippen LogP contribution in [0.4, 0.5) is 0 Å². The van der Waals surface area contributed by atoms with Crippen molar-refractivity contribution in [2.45, 2.75) is 52.5 Å². The molecule has 3 atom stereocenters. The molecule has 0 aliphatic carbocycles. The number of hydrogen-bond donors (Lipinski definition) is 1. The van der Waals surface area contributed by atoms with Gasteiger partial charge in [0.05, 0.1) is 0 Å². The number of likely N-dealkylation sites (N-methyl/N-ethyl adjacent to an activating group) is 1. The van der Waals surface area contributed by atoms with E-state index in [0.717, 1.165) is 6.54 Å². The molecule has 0 bridgehead atoms. The maximum Gasteiger partial charge on any atom is 0.0270 e. The lowest BCUT2D eigenvalue weighted by atomic mass is 9.84. The molecule has 0 spiro atoms. The molecule has 1 rings (SSSR count). The molecular weight excluding hydrogens is 208 g/mol. The van der Waals surface area contributed by atoms with Crippen LogP contribution in [-0.2, 0) is 0 Å². The third kappa shape index (κ3) is 4.12. The zero-order valence-corrected chi connectivity index (χ0v) is 11.6. The maximum atomic E-state index is 4.09. The summed E-state index contributed by atoms with van der Waals surface area (Å²) < 4.78 is 0. The van der Waals surface area contributed by atoms with Crippen LogP contribution in [0.25, 0.3) is 0 Å². The SMILES string of the molecule is CCCC(C)C(NCC)C(C)c1ccncc1. The molecule has 0 saturated heterocycles. The fraction of sp³-hybridized carbons (Fsp3) is 0.667. The van der Waals surface area contributed by atoms with Crippen molar-refractivity contribution >= 4 is 0 Å². The van der Waals surface area contributed by atoms with Crippen LogP contribution in [-0.4, -0.2) is 17.6 Å². The van der Waals surface area contributed by atoms with Crippen molar-refractivity contribution in [2.75, 3.05) is 6.54 Å². The highest BCUT2D eigenvalue weighted by atomic mass is 14.9. The zero-order chi connectivity index (χ0) is 12.7. The average Bonchev–Trinajstić information content (AvgIpc) is 2.36. The fourth-order valence-corrected chi connectivity index (χ4v) is 2.62. The Kier molecular flexibility index (Phi) is 6.20. The summed E-state index contributed by atoms with van der Waals surface area (Å²) in [6.07, 6.45) is 6.32. The lowest BCUT2D eigenvalue weighted by Crippen LogP contribution is -2.39. The summed E-state index contributed by atoms with van der Waals surface area (Å²) in [5.41, 5.74) is 1.38. The minimum atomic E-state index is 0.541. The molecule has 1 aromatic heterocycles. The minimum absolute atomic E-state index is 0.541. The van der Waals surface area contributed by atoms with Gasteiger partial charge in [-0.2, -0.15) is 0 Å². The molecule has 0 aliphatic heterocycles. The predicted octanol–water partition coefficient (Wildman–Crippen LogP) is 3.60. The van der Waals surface area contributed by atoms with Crippen molar-refractivity contribution in [3.63, 3.8) is 0 Å². The van der Waals surface area contributed by atoms with Crippen LogP contribution in [0, 0.1) is 5.92 Å². The van der Waals surface area contributed by atoms with Gasteiger partial charge in [-0.3, -0.25) is 4.98 Å². The first-order valence-corrected chi connectivity index (χ1v) is 6.84. The summed E-state index contributed by atoms with van der Waals surface area (Å²) in [5, 5.41) is 3.65. The number of rotatable bonds is 7. The van der Waals surface area contributed by atoms with E-state index in [1.54, 1.807) is 0 Å². The molecule has 3 unspecified atom stereocenters. The Labute approximate surface area is 106 Å². The molecule has 0 fully saturated rings. The summed E-state index contributed by atoms with van der Waals surface area (Å²) in [6, 6.07) is 4.82. The van der Waals surface area contributed by atoms with Gasteiger partial charge in [-0.1, -0.05) is 34.1 Å². The topological polar surface area (TPSA) is 24.9 Å². The lowest BCUT2D eigenvalue weighted by molar-refractivity contribution is 0.322. The third-order valence-electron chi connectivity index (χ3n) is 3.57. The van der Waals surface area contributed by atoms with Gasteiger partial charge in [0.1, 0.15) is 0 Å². The van der Waals surface area contributed by atoms with Crippen molar-refractivity contribution in [3.05, 3.63) is 30.1 Å². The number of nitrogens with zero attached hydrogens (tertiary/aromatic N) is 1. The molecular formula is C15H26N2. The van der Waals surface area contributed by atoms with E-state index in [4.69, 9.17) is 0 Å². The molecule has 1 aromatic rings. The highest BCUT2D eigenvalue weighted by Gasteiger charge is 2.23. The van der Waals surface area contributed by atoms with E-state index in [2.05, 4.69) is 50.1 Å². The van der Waals surface area contributed by atoms with Crippen LogP contribution in [0.3, 0.4) is 0 Å². The van der Waals surface area contributed by atoms with Crippen LogP contribution >= 0.6 is 0 Å². The summed E-state index contributed by atoms with van der Waals surface area (Å²) in [6.45, 7) is 10.2. The number of nitrogens with one attached hydrogen (secondary N) is 1. The van der Waals surface area contributed by atoms with Gasteiger partial charge < -0.3 is 5.32 Å². The van der Waals surface area contributed by atoms with Gasteiger partial charge in [-0.05, 0) is 42.5 Å². The van der Waals surface area contributed by atoms with Gasteiger partial charge in [-0.15, -0.1) is 0 Å². The van der Waals surface area contributed by atoms with Gasteiger partial charge in [-0.25, -0.2) is 0 Å². The van der Waals surface area contributed by atoms with Gasteiger partial charge in [0.2, 0.25) is 0 Å². The predicted molar refractivity (Wildman–Crippen MR) is 74.2 cm³/mol. The Bertz CT molecular complexity index is 297. The largest absolute Gasteiger partial charge is 0.313 e. The van der Waals surface area contributed by atoms with E-state index in [-0.39, 0.29) is 0 Å². The Morgan fingerprint density at radius 1 is 1.18 bits per heavy atom. The van der Waals surface area contributed by atoms with E-state index in [1.807, 2.05) is 12.4 Å². The van der Waals surface area contributed by atoms with Gasteiger partial charge in [0, 0.05) is 18.4 Å². The Balaban J connectivity index is 2.76. The van der Waals surface area contributed by atoms with Crippen LogP contribution in [0.2, 0.25) is 0 Å². The van der Waals surface area contributed by atoms with Crippen molar-refractivity contribution < 1.29 is 0 Å². The van der Waals surface area contributed by atoms with Gasteiger partial charge >= 0.3 is 0 Å². The molecule has 0 amide bonds.